The quantitative estimate of drug-likeness (QED) is 0.537. The van der Waals surface area contributed by atoms with Crippen LogP contribution in [0.2, 0.25) is 0 Å². The van der Waals surface area contributed by atoms with Crippen LogP contribution in [0.15, 0.2) is 59.6 Å². The van der Waals surface area contributed by atoms with Gasteiger partial charge in [0.25, 0.3) is 5.91 Å². The van der Waals surface area contributed by atoms with Crippen LogP contribution in [0.4, 0.5) is 17.6 Å². The monoisotopic (exact) mass is 464 g/mol. The van der Waals surface area contributed by atoms with Crippen molar-refractivity contribution >= 4 is 15.7 Å². The Balaban J connectivity index is 1.76. The molecule has 0 atom stereocenters. The van der Waals surface area contributed by atoms with Crippen molar-refractivity contribution in [1.29, 1.82) is 0 Å². The van der Waals surface area contributed by atoms with Crippen molar-refractivity contribution in [2.45, 2.75) is 24.2 Å². The summed E-state index contributed by atoms with van der Waals surface area (Å²) in [5, 5.41) is 0. The smallest absolute Gasteiger partial charge is 0.328 e. The number of pyridine rings is 1. The van der Waals surface area contributed by atoms with Gasteiger partial charge in [0.05, 0.1) is 22.7 Å². The maximum atomic E-state index is 14.4. The van der Waals surface area contributed by atoms with E-state index >= 15 is 0 Å². The van der Waals surface area contributed by atoms with Crippen molar-refractivity contribution in [2.24, 2.45) is 0 Å². The number of benzene rings is 2. The highest BCUT2D eigenvalue weighted by Gasteiger charge is 2.34. The van der Waals surface area contributed by atoms with Crippen molar-refractivity contribution in [1.82, 2.24) is 9.88 Å². The number of hydrogen-bond acceptors (Lipinski definition) is 4. The van der Waals surface area contributed by atoms with Gasteiger partial charge in [-0.15, -0.1) is 0 Å². The van der Waals surface area contributed by atoms with Gasteiger partial charge in [-0.05, 0) is 35.4 Å². The lowest BCUT2D eigenvalue weighted by Crippen LogP contribution is -2.26. The van der Waals surface area contributed by atoms with E-state index in [9.17, 15) is 30.8 Å². The van der Waals surface area contributed by atoms with Gasteiger partial charge in [-0.2, -0.15) is 13.2 Å². The molecule has 0 radical (unpaired) electrons. The van der Waals surface area contributed by atoms with Gasteiger partial charge in [-0.3, -0.25) is 9.78 Å². The number of alkyl halides is 3. The van der Waals surface area contributed by atoms with Crippen molar-refractivity contribution in [3.05, 3.63) is 82.9 Å². The SMILES string of the molecule is CS(=O)(=O)c1ccc(-c2ccccc2F)c(C(=O)N2Cc3cc(C(F)(F)F)cnc3C2)c1. The number of nitrogens with zero attached hydrogens (tertiary/aromatic N) is 2. The van der Waals surface area contributed by atoms with Gasteiger partial charge >= 0.3 is 6.18 Å². The van der Waals surface area contributed by atoms with Crippen LogP contribution in [0.25, 0.3) is 11.1 Å². The zero-order valence-corrected chi connectivity index (χ0v) is 17.5. The Kier molecular flexibility index (Phi) is 5.28. The second kappa shape index (κ2) is 7.70. The second-order valence-corrected chi connectivity index (χ2v) is 9.46. The van der Waals surface area contributed by atoms with E-state index in [0.29, 0.717) is 11.9 Å². The van der Waals surface area contributed by atoms with Gasteiger partial charge in [0.1, 0.15) is 5.82 Å². The van der Waals surface area contributed by atoms with Crippen LogP contribution in [0.1, 0.15) is 27.2 Å². The summed E-state index contributed by atoms with van der Waals surface area (Å²) in [5.74, 6) is -1.24. The number of aromatic nitrogens is 1. The van der Waals surface area contributed by atoms with Gasteiger partial charge in [0.15, 0.2) is 9.84 Å². The molecule has 0 spiro atoms. The number of hydrogen-bond donors (Lipinski definition) is 0. The summed E-state index contributed by atoms with van der Waals surface area (Å²) in [5.41, 5.74) is -0.137. The Morgan fingerprint density at radius 1 is 1.03 bits per heavy atom. The van der Waals surface area contributed by atoms with Gasteiger partial charge < -0.3 is 4.90 Å². The number of fused-ring (bicyclic) bond motifs is 1. The van der Waals surface area contributed by atoms with E-state index in [2.05, 4.69) is 4.98 Å². The molecule has 0 saturated carbocycles. The first kappa shape index (κ1) is 21.9. The molecule has 4 rings (SSSR count). The molecule has 3 aromatic rings. The first-order chi connectivity index (χ1) is 14.9. The fraction of sp³-hybridized carbons (Fsp3) is 0.182. The van der Waals surface area contributed by atoms with Crippen molar-refractivity contribution in [2.75, 3.05) is 6.26 Å². The lowest BCUT2D eigenvalue weighted by Gasteiger charge is -2.19. The second-order valence-electron chi connectivity index (χ2n) is 7.45. The lowest BCUT2D eigenvalue weighted by atomic mass is 9.98. The lowest BCUT2D eigenvalue weighted by molar-refractivity contribution is -0.137. The van der Waals surface area contributed by atoms with E-state index in [1.165, 1.54) is 35.2 Å². The largest absolute Gasteiger partial charge is 0.417 e. The maximum Gasteiger partial charge on any atom is 0.417 e. The normalized spacial score (nSPS) is 13.8. The van der Waals surface area contributed by atoms with E-state index in [4.69, 9.17) is 0 Å². The number of halogens is 4. The number of rotatable bonds is 3. The molecule has 2 aromatic carbocycles. The molecule has 1 amide bonds. The third kappa shape index (κ3) is 4.10. The molecule has 0 unspecified atom stereocenters. The Morgan fingerprint density at radius 3 is 2.41 bits per heavy atom. The molecule has 32 heavy (non-hydrogen) atoms. The summed E-state index contributed by atoms with van der Waals surface area (Å²) in [6.45, 7) is -0.184. The van der Waals surface area contributed by atoms with Crippen LogP contribution in [0.5, 0.6) is 0 Å². The molecule has 2 heterocycles. The maximum absolute atomic E-state index is 14.4. The molecule has 0 saturated heterocycles. The molecule has 0 aliphatic carbocycles. The fourth-order valence-electron chi connectivity index (χ4n) is 3.57. The molecule has 0 fully saturated rings. The van der Waals surface area contributed by atoms with Crippen molar-refractivity contribution in [3.63, 3.8) is 0 Å². The zero-order valence-electron chi connectivity index (χ0n) is 16.6. The topological polar surface area (TPSA) is 67.3 Å². The highest BCUT2D eigenvalue weighted by Crippen LogP contribution is 2.34. The van der Waals surface area contributed by atoms with Gasteiger partial charge in [-0.25, -0.2) is 12.8 Å². The third-order valence-electron chi connectivity index (χ3n) is 5.19. The van der Waals surface area contributed by atoms with E-state index in [-0.39, 0.29) is 40.2 Å². The summed E-state index contributed by atoms with van der Waals surface area (Å²) in [6, 6.07) is 10.5. The number of sulfone groups is 1. The summed E-state index contributed by atoms with van der Waals surface area (Å²) < 4.78 is 77.5. The predicted molar refractivity (Wildman–Crippen MR) is 108 cm³/mol. The van der Waals surface area contributed by atoms with Gasteiger partial charge in [-0.1, -0.05) is 24.3 Å². The minimum Gasteiger partial charge on any atom is -0.328 e. The molecule has 0 N–H and O–H groups in total. The minimum atomic E-state index is -4.57. The van der Waals surface area contributed by atoms with E-state index in [1.807, 2.05) is 0 Å². The molecule has 166 valence electrons. The first-order valence-electron chi connectivity index (χ1n) is 9.38. The molecule has 1 aromatic heterocycles. The summed E-state index contributed by atoms with van der Waals surface area (Å²) in [6.07, 6.45) is -2.88. The summed E-state index contributed by atoms with van der Waals surface area (Å²) in [4.78, 5) is 18.3. The summed E-state index contributed by atoms with van der Waals surface area (Å²) in [7, 11) is -3.67. The number of amides is 1. The first-order valence-corrected chi connectivity index (χ1v) is 11.3. The zero-order chi connectivity index (χ0) is 23.3. The minimum absolute atomic E-state index is 0.0495. The van der Waals surface area contributed by atoms with Crippen molar-refractivity contribution in [3.8, 4) is 11.1 Å². The van der Waals surface area contributed by atoms with Crippen LogP contribution >= 0.6 is 0 Å². The van der Waals surface area contributed by atoms with Crippen LogP contribution < -0.4 is 0 Å². The van der Waals surface area contributed by atoms with E-state index < -0.39 is 33.3 Å². The third-order valence-corrected chi connectivity index (χ3v) is 6.30. The fourth-order valence-corrected chi connectivity index (χ4v) is 4.22. The molecule has 1 aliphatic rings. The van der Waals surface area contributed by atoms with Crippen molar-refractivity contribution < 1.29 is 30.8 Å². The number of carbonyl (C=O) groups is 1. The highest BCUT2D eigenvalue weighted by molar-refractivity contribution is 7.90. The average molecular weight is 464 g/mol. The Bertz CT molecular complexity index is 1340. The average Bonchev–Trinajstić information content (AvgIpc) is 3.15. The van der Waals surface area contributed by atoms with Crippen LogP contribution in [0.3, 0.4) is 0 Å². The number of carbonyl (C=O) groups excluding carboxylic acids is 1. The van der Waals surface area contributed by atoms with Gasteiger partial charge in [0, 0.05) is 30.1 Å². The van der Waals surface area contributed by atoms with Gasteiger partial charge in [0.2, 0.25) is 0 Å². The Morgan fingerprint density at radius 2 is 1.75 bits per heavy atom. The molecular weight excluding hydrogens is 448 g/mol. The summed E-state index contributed by atoms with van der Waals surface area (Å²) >= 11 is 0. The van der Waals surface area contributed by atoms with Crippen LogP contribution in [-0.4, -0.2) is 30.5 Å². The molecule has 1 aliphatic heterocycles. The molecule has 10 heteroatoms. The highest BCUT2D eigenvalue weighted by atomic mass is 32.2. The van der Waals surface area contributed by atoms with Crippen LogP contribution in [0, 0.1) is 5.82 Å². The molecule has 5 nitrogen and oxygen atoms in total. The van der Waals surface area contributed by atoms with E-state index in [0.717, 1.165) is 18.4 Å². The predicted octanol–water partition coefficient (Wildman–Crippen LogP) is 4.47. The standard InChI is InChI=1S/C22H16F4N2O3S/c1-32(30,31)15-6-7-16(17-4-2-3-5-19(17)23)18(9-15)21(29)28-11-13-8-14(22(24,25)26)10-27-20(13)12-28/h2-10H,11-12H2,1H3. The van der Waals surface area contributed by atoms with Crippen LogP contribution in [-0.2, 0) is 29.1 Å². The Labute approximate surface area is 181 Å². The van der Waals surface area contributed by atoms with E-state index in [1.54, 1.807) is 6.07 Å². The Hall–Kier alpha value is -3.27. The molecule has 0 bridgehead atoms. The molecular formula is C22H16F4N2O3S.